The number of pyridine rings is 1. The summed E-state index contributed by atoms with van der Waals surface area (Å²) in [6.45, 7) is 1.83. The van der Waals surface area contributed by atoms with E-state index in [0.29, 0.717) is 6.42 Å². The van der Waals surface area contributed by atoms with Gasteiger partial charge in [-0.05, 0) is 24.1 Å². The average molecular weight is 318 g/mol. The van der Waals surface area contributed by atoms with Gasteiger partial charge in [0.1, 0.15) is 22.7 Å². The second kappa shape index (κ2) is 5.84. The van der Waals surface area contributed by atoms with Gasteiger partial charge in [0.05, 0.1) is 0 Å². The van der Waals surface area contributed by atoms with Crippen LogP contribution in [0, 0.1) is 0 Å². The smallest absolute Gasteiger partial charge is 0.342 e. The number of aromatic hydroxyl groups is 1. The maximum atomic E-state index is 11.9. The van der Waals surface area contributed by atoms with Crippen molar-refractivity contribution < 1.29 is 24.9 Å². The zero-order valence-electron chi connectivity index (χ0n) is 12.1. The van der Waals surface area contributed by atoms with Crippen molar-refractivity contribution in [2.24, 2.45) is 0 Å². The third kappa shape index (κ3) is 2.73. The lowest BCUT2D eigenvalue weighted by atomic mass is 9.93. The SMILES string of the molecule is CCc1ccc(O)c(-c2c(C(=O)O)c(N)[nH]c(=O)c2C(=O)O)c1. The number of nitrogens with one attached hydrogen (secondary N) is 1. The summed E-state index contributed by atoms with van der Waals surface area (Å²) in [7, 11) is 0. The molecular formula is C15H14N2O6. The maximum Gasteiger partial charge on any atom is 0.342 e. The highest BCUT2D eigenvalue weighted by Crippen LogP contribution is 2.35. The molecule has 0 amide bonds. The first-order valence-corrected chi connectivity index (χ1v) is 6.62. The monoisotopic (exact) mass is 318 g/mol. The number of nitrogen functional groups attached to an aromatic ring is 1. The minimum atomic E-state index is -1.62. The van der Waals surface area contributed by atoms with Crippen LogP contribution in [-0.2, 0) is 6.42 Å². The van der Waals surface area contributed by atoms with E-state index in [0.717, 1.165) is 5.56 Å². The Morgan fingerprint density at radius 2 is 1.78 bits per heavy atom. The summed E-state index contributed by atoms with van der Waals surface area (Å²) in [4.78, 5) is 36.9. The van der Waals surface area contributed by atoms with Crippen molar-refractivity contribution in [3.8, 4) is 16.9 Å². The number of hydrogen-bond donors (Lipinski definition) is 5. The fourth-order valence-corrected chi connectivity index (χ4v) is 2.32. The molecular weight excluding hydrogens is 304 g/mol. The molecule has 0 radical (unpaired) electrons. The summed E-state index contributed by atoms with van der Waals surface area (Å²) >= 11 is 0. The Balaban J connectivity index is 3.03. The number of nitrogens with two attached hydrogens (primary N) is 1. The Labute approximate surface area is 129 Å². The lowest BCUT2D eigenvalue weighted by Gasteiger charge is -2.14. The number of anilines is 1. The Morgan fingerprint density at radius 3 is 2.30 bits per heavy atom. The van der Waals surface area contributed by atoms with E-state index in [9.17, 15) is 29.7 Å². The highest BCUT2D eigenvalue weighted by molar-refractivity contribution is 6.08. The van der Waals surface area contributed by atoms with Crippen LogP contribution in [0.15, 0.2) is 23.0 Å². The van der Waals surface area contributed by atoms with E-state index in [1.54, 1.807) is 6.07 Å². The van der Waals surface area contributed by atoms with Crippen LogP contribution >= 0.6 is 0 Å². The molecule has 120 valence electrons. The molecule has 0 saturated heterocycles. The summed E-state index contributed by atoms with van der Waals surface area (Å²) in [5, 5.41) is 28.7. The van der Waals surface area contributed by atoms with E-state index in [2.05, 4.69) is 0 Å². The van der Waals surface area contributed by atoms with Gasteiger partial charge in [0.15, 0.2) is 0 Å². The summed E-state index contributed by atoms with van der Waals surface area (Å²) < 4.78 is 0. The molecule has 0 bridgehead atoms. The molecule has 1 aromatic heterocycles. The number of carbonyl (C=O) groups is 2. The van der Waals surface area contributed by atoms with Crippen molar-refractivity contribution in [2.45, 2.75) is 13.3 Å². The molecule has 0 atom stereocenters. The van der Waals surface area contributed by atoms with Crippen molar-refractivity contribution in [1.82, 2.24) is 4.98 Å². The first-order chi connectivity index (χ1) is 10.8. The second-order valence-corrected chi connectivity index (χ2v) is 4.81. The van der Waals surface area contributed by atoms with E-state index in [4.69, 9.17) is 5.73 Å². The third-order valence-electron chi connectivity index (χ3n) is 3.41. The lowest BCUT2D eigenvalue weighted by molar-refractivity contribution is 0.0695. The lowest BCUT2D eigenvalue weighted by Crippen LogP contribution is -2.24. The Morgan fingerprint density at radius 1 is 1.17 bits per heavy atom. The Kier molecular flexibility index (Phi) is 4.08. The summed E-state index contributed by atoms with van der Waals surface area (Å²) in [5.41, 5.74) is 3.36. The number of aromatic carboxylic acids is 2. The first-order valence-electron chi connectivity index (χ1n) is 6.62. The predicted octanol–water partition coefficient (Wildman–Crippen LogP) is 1.29. The fourth-order valence-electron chi connectivity index (χ4n) is 2.32. The van der Waals surface area contributed by atoms with Gasteiger partial charge >= 0.3 is 11.9 Å². The molecule has 1 aromatic carbocycles. The maximum absolute atomic E-state index is 11.9. The molecule has 23 heavy (non-hydrogen) atoms. The van der Waals surface area contributed by atoms with Crippen LogP contribution in [-0.4, -0.2) is 32.2 Å². The van der Waals surface area contributed by atoms with Crippen LogP contribution in [0.5, 0.6) is 5.75 Å². The van der Waals surface area contributed by atoms with E-state index in [-0.39, 0.29) is 11.3 Å². The van der Waals surface area contributed by atoms with Gasteiger partial charge in [0, 0.05) is 11.1 Å². The molecule has 0 spiro atoms. The Bertz CT molecular complexity index is 869. The molecule has 0 saturated carbocycles. The van der Waals surface area contributed by atoms with Crippen LogP contribution in [0.25, 0.3) is 11.1 Å². The number of phenols is 1. The van der Waals surface area contributed by atoms with E-state index in [1.165, 1.54) is 12.1 Å². The molecule has 0 aliphatic heterocycles. The number of aryl methyl sites for hydroxylation is 1. The van der Waals surface area contributed by atoms with E-state index < -0.39 is 40.0 Å². The molecule has 6 N–H and O–H groups in total. The quantitative estimate of drug-likeness (QED) is 0.569. The predicted molar refractivity (Wildman–Crippen MR) is 81.9 cm³/mol. The van der Waals surface area contributed by atoms with Crippen molar-refractivity contribution in [3.05, 3.63) is 45.2 Å². The van der Waals surface area contributed by atoms with Crippen molar-refractivity contribution in [3.63, 3.8) is 0 Å². The molecule has 1 heterocycles. The van der Waals surface area contributed by atoms with Crippen molar-refractivity contribution >= 4 is 17.8 Å². The average Bonchev–Trinajstić information content (AvgIpc) is 2.46. The number of H-pyrrole nitrogens is 1. The topological polar surface area (TPSA) is 154 Å². The van der Waals surface area contributed by atoms with E-state index in [1.807, 2.05) is 11.9 Å². The van der Waals surface area contributed by atoms with Crippen LogP contribution in [0.3, 0.4) is 0 Å². The van der Waals surface area contributed by atoms with Gasteiger partial charge in [-0.3, -0.25) is 4.79 Å². The van der Waals surface area contributed by atoms with Crippen LogP contribution < -0.4 is 11.3 Å². The Hall–Kier alpha value is -3.29. The summed E-state index contributed by atoms with van der Waals surface area (Å²) in [6, 6.07) is 4.35. The van der Waals surface area contributed by atoms with Gasteiger partial charge in [-0.1, -0.05) is 13.0 Å². The molecule has 8 nitrogen and oxygen atoms in total. The number of hydrogen-bond acceptors (Lipinski definition) is 5. The van der Waals surface area contributed by atoms with Gasteiger partial charge in [-0.15, -0.1) is 0 Å². The van der Waals surface area contributed by atoms with Gasteiger partial charge < -0.3 is 26.0 Å². The molecule has 2 rings (SSSR count). The highest BCUT2D eigenvalue weighted by atomic mass is 16.4. The zero-order chi connectivity index (χ0) is 17.3. The number of benzene rings is 1. The summed E-state index contributed by atoms with van der Waals surface area (Å²) in [5.74, 6) is -3.97. The van der Waals surface area contributed by atoms with Crippen molar-refractivity contribution in [2.75, 3.05) is 5.73 Å². The molecule has 8 heteroatoms. The van der Waals surface area contributed by atoms with Crippen LogP contribution in [0.1, 0.15) is 33.2 Å². The fraction of sp³-hybridized carbons (Fsp3) is 0.133. The molecule has 2 aromatic rings. The molecule has 0 aliphatic rings. The normalized spacial score (nSPS) is 10.5. The number of carboxylic acid groups (broad SMARTS) is 2. The van der Waals surface area contributed by atoms with Gasteiger partial charge in [-0.2, -0.15) is 0 Å². The number of carboxylic acids is 2. The third-order valence-corrected chi connectivity index (χ3v) is 3.41. The minimum Gasteiger partial charge on any atom is -0.507 e. The first kappa shape index (κ1) is 16.1. The standard InChI is InChI=1S/C15H14N2O6/c1-2-6-3-4-8(18)7(5-6)9-10(14(20)21)12(16)17-13(19)11(9)15(22)23/h3-5,18H,2H2,1H3,(H,20,21)(H,22,23)(H3,16,17,19). The van der Waals surface area contributed by atoms with Gasteiger partial charge in [0.25, 0.3) is 5.56 Å². The second-order valence-electron chi connectivity index (χ2n) is 4.81. The summed E-state index contributed by atoms with van der Waals surface area (Å²) in [6.07, 6.45) is 0.566. The number of aromatic nitrogens is 1. The number of phenolic OH excluding ortho intramolecular Hbond substituents is 1. The van der Waals surface area contributed by atoms with Crippen LogP contribution in [0.4, 0.5) is 5.82 Å². The zero-order valence-corrected chi connectivity index (χ0v) is 12.1. The molecule has 0 aliphatic carbocycles. The van der Waals surface area contributed by atoms with Crippen molar-refractivity contribution in [1.29, 1.82) is 0 Å². The highest BCUT2D eigenvalue weighted by Gasteiger charge is 2.28. The number of aromatic amines is 1. The molecule has 0 unspecified atom stereocenters. The van der Waals surface area contributed by atoms with Gasteiger partial charge in [-0.25, -0.2) is 9.59 Å². The minimum absolute atomic E-state index is 0.0723. The largest absolute Gasteiger partial charge is 0.507 e. The van der Waals surface area contributed by atoms with E-state index >= 15 is 0 Å². The number of rotatable bonds is 4. The van der Waals surface area contributed by atoms with Crippen LogP contribution in [0.2, 0.25) is 0 Å². The van der Waals surface area contributed by atoms with Gasteiger partial charge in [0.2, 0.25) is 0 Å². The molecule has 0 fully saturated rings.